The first-order chi connectivity index (χ1) is 11.9. The van der Waals surface area contributed by atoms with E-state index in [1.807, 2.05) is 0 Å². The molecule has 0 saturated heterocycles. The van der Waals surface area contributed by atoms with Crippen molar-refractivity contribution in [2.45, 2.75) is 6.92 Å². The van der Waals surface area contributed by atoms with Gasteiger partial charge in [-0.15, -0.1) is 11.3 Å². The molecule has 0 unspecified atom stereocenters. The molecule has 0 saturated carbocycles. The summed E-state index contributed by atoms with van der Waals surface area (Å²) in [7, 11) is 1.55. The summed E-state index contributed by atoms with van der Waals surface area (Å²) in [6.07, 6.45) is 2.69. The van der Waals surface area contributed by atoms with Crippen molar-refractivity contribution in [2.24, 2.45) is 0 Å². The fourth-order valence-electron chi connectivity index (χ4n) is 2.07. The number of pyridine rings is 1. The van der Waals surface area contributed by atoms with Crippen LogP contribution < -0.4 is 10.9 Å². The van der Waals surface area contributed by atoms with Gasteiger partial charge < -0.3 is 20.1 Å². The predicted molar refractivity (Wildman–Crippen MR) is 95.4 cm³/mol. The molecule has 8 heteroatoms. The summed E-state index contributed by atoms with van der Waals surface area (Å²) in [5.74, 6) is -1.20. The molecule has 25 heavy (non-hydrogen) atoms. The second-order valence-electron chi connectivity index (χ2n) is 5.19. The van der Waals surface area contributed by atoms with Gasteiger partial charge in [-0.1, -0.05) is 0 Å². The van der Waals surface area contributed by atoms with Crippen molar-refractivity contribution < 1.29 is 19.4 Å². The van der Waals surface area contributed by atoms with Crippen molar-refractivity contribution in [3.8, 4) is 5.75 Å². The van der Waals surface area contributed by atoms with E-state index in [-0.39, 0.29) is 17.2 Å². The summed E-state index contributed by atoms with van der Waals surface area (Å²) in [6, 6.07) is 4.65. The number of ether oxygens (including phenoxy) is 1. The molecule has 0 aliphatic rings. The number of hydrogen-bond donors (Lipinski definition) is 3. The number of thiophene rings is 1. The Kier molecular flexibility index (Phi) is 6.26. The summed E-state index contributed by atoms with van der Waals surface area (Å²) in [5, 5.41) is 12.5. The molecule has 0 aliphatic heterocycles. The number of carbonyl (C=O) groups excluding carboxylic acids is 2. The predicted octanol–water partition coefficient (Wildman–Crippen LogP) is 1.72. The van der Waals surface area contributed by atoms with Crippen LogP contribution in [0.3, 0.4) is 0 Å². The number of aryl methyl sites for hydroxylation is 1. The lowest BCUT2D eigenvalue weighted by molar-refractivity contribution is 0.0940. The lowest BCUT2D eigenvalue weighted by atomic mass is 10.1. The number of rotatable bonds is 7. The van der Waals surface area contributed by atoms with E-state index in [9.17, 15) is 19.5 Å². The van der Waals surface area contributed by atoms with Crippen LogP contribution in [0.4, 0.5) is 0 Å². The first-order valence-corrected chi connectivity index (χ1v) is 8.26. The number of hydrogen-bond acceptors (Lipinski definition) is 6. The molecule has 1 amide bonds. The van der Waals surface area contributed by atoms with Crippen LogP contribution in [0.1, 0.15) is 30.6 Å². The van der Waals surface area contributed by atoms with Crippen molar-refractivity contribution in [3.63, 3.8) is 0 Å². The number of aromatic hydroxyl groups is 1. The molecule has 132 valence electrons. The quantitative estimate of drug-likeness (QED) is 0.395. The summed E-state index contributed by atoms with van der Waals surface area (Å²) in [6.45, 7) is 2.44. The van der Waals surface area contributed by atoms with E-state index in [1.54, 1.807) is 26.2 Å². The average molecular weight is 362 g/mol. The normalized spacial score (nSPS) is 11.0. The minimum atomic E-state index is -0.642. The Labute approximate surface area is 148 Å². The van der Waals surface area contributed by atoms with Crippen LogP contribution in [-0.4, -0.2) is 42.0 Å². The summed E-state index contributed by atoms with van der Waals surface area (Å²) < 4.78 is 4.86. The number of aromatic nitrogens is 1. The zero-order chi connectivity index (χ0) is 18.4. The topological polar surface area (TPSA) is 108 Å². The van der Waals surface area contributed by atoms with Gasteiger partial charge >= 0.3 is 0 Å². The molecule has 3 N–H and O–H groups in total. The largest absolute Gasteiger partial charge is 0.507 e. The molecule has 0 bridgehead atoms. The monoisotopic (exact) mass is 362 g/mol. The van der Waals surface area contributed by atoms with Crippen LogP contribution >= 0.6 is 11.3 Å². The first kappa shape index (κ1) is 18.6. The maximum Gasteiger partial charge on any atom is 0.263 e. The minimum Gasteiger partial charge on any atom is -0.507 e. The van der Waals surface area contributed by atoms with Crippen LogP contribution in [0.2, 0.25) is 0 Å². The fourth-order valence-corrected chi connectivity index (χ4v) is 2.90. The molecule has 0 atom stereocenters. The van der Waals surface area contributed by atoms with Crippen molar-refractivity contribution >= 4 is 29.1 Å². The molecule has 2 aromatic rings. The molecular weight excluding hydrogens is 344 g/mol. The second kappa shape index (κ2) is 8.41. The highest BCUT2D eigenvalue weighted by Crippen LogP contribution is 2.19. The lowest BCUT2D eigenvalue weighted by Crippen LogP contribution is -2.26. The number of carbonyl (C=O) groups is 2. The van der Waals surface area contributed by atoms with Gasteiger partial charge in [0.05, 0.1) is 11.5 Å². The van der Waals surface area contributed by atoms with Crippen molar-refractivity contribution in [1.82, 2.24) is 10.3 Å². The number of H-pyrrole nitrogens is 1. The van der Waals surface area contributed by atoms with Gasteiger partial charge in [0.1, 0.15) is 11.3 Å². The smallest absolute Gasteiger partial charge is 0.263 e. The molecule has 2 aromatic heterocycles. The van der Waals surface area contributed by atoms with Gasteiger partial charge in [0.2, 0.25) is 0 Å². The number of methoxy groups -OCH3 is 1. The van der Waals surface area contributed by atoms with Crippen molar-refractivity contribution in [1.29, 1.82) is 0 Å². The van der Waals surface area contributed by atoms with Gasteiger partial charge in [0, 0.05) is 24.2 Å². The molecule has 0 radical (unpaired) electrons. The van der Waals surface area contributed by atoms with E-state index in [0.717, 1.165) is 0 Å². The Morgan fingerprint density at radius 1 is 1.40 bits per heavy atom. The zero-order valence-electron chi connectivity index (χ0n) is 13.8. The first-order valence-electron chi connectivity index (χ1n) is 7.44. The molecule has 0 aromatic carbocycles. The highest BCUT2D eigenvalue weighted by molar-refractivity contribution is 7.14. The van der Waals surface area contributed by atoms with E-state index < -0.39 is 11.3 Å². The Morgan fingerprint density at radius 2 is 2.16 bits per heavy atom. The van der Waals surface area contributed by atoms with E-state index in [1.165, 1.54) is 29.6 Å². The number of aromatic amines is 1. The third-order valence-electron chi connectivity index (χ3n) is 3.23. The van der Waals surface area contributed by atoms with Crippen LogP contribution in [0, 0.1) is 6.92 Å². The Bertz CT molecular complexity index is 866. The highest BCUT2D eigenvalue weighted by Gasteiger charge is 2.14. The summed E-state index contributed by atoms with van der Waals surface area (Å²) in [4.78, 5) is 39.5. The van der Waals surface area contributed by atoms with Crippen LogP contribution in [0.5, 0.6) is 5.75 Å². The van der Waals surface area contributed by atoms with Gasteiger partial charge in [0.25, 0.3) is 11.5 Å². The van der Waals surface area contributed by atoms with E-state index in [2.05, 4.69) is 10.3 Å². The Hall–Kier alpha value is -2.71. The van der Waals surface area contributed by atoms with Gasteiger partial charge in [-0.25, -0.2) is 0 Å². The molecular formula is C17H18N2O5S. The average Bonchev–Trinajstić information content (AvgIpc) is 3.01. The molecule has 2 rings (SSSR count). The van der Waals surface area contributed by atoms with Crippen LogP contribution in [0.15, 0.2) is 29.1 Å². The third kappa shape index (κ3) is 4.88. The number of nitrogens with one attached hydrogen (secondary N) is 2. The second-order valence-corrected chi connectivity index (χ2v) is 6.31. The molecule has 7 nitrogen and oxygen atoms in total. The number of amides is 1. The SMILES string of the molecule is COCCNC(=O)c1ccc(/C=C/C(=O)c2c(O)cc(C)[nH]c2=O)s1. The minimum absolute atomic E-state index is 0.222. The zero-order valence-corrected chi connectivity index (χ0v) is 14.6. The third-order valence-corrected chi connectivity index (χ3v) is 4.28. The molecule has 0 aliphatic carbocycles. The molecule has 2 heterocycles. The van der Waals surface area contributed by atoms with Gasteiger partial charge in [0.15, 0.2) is 5.78 Å². The number of ketones is 1. The maximum absolute atomic E-state index is 12.1. The van der Waals surface area contributed by atoms with E-state index >= 15 is 0 Å². The molecule has 0 fully saturated rings. The summed E-state index contributed by atoms with van der Waals surface area (Å²) in [5.41, 5.74) is -0.488. The lowest BCUT2D eigenvalue weighted by Gasteiger charge is -2.01. The van der Waals surface area contributed by atoms with Gasteiger partial charge in [-0.3, -0.25) is 14.4 Å². The van der Waals surface area contributed by atoms with Crippen molar-refractivity contribution in [2.75, 3.05) is 20.3 Å². The summed E-state index contributed by atoms with van der Waals surface area (Å²) >= 11 is 1.21. The Morgan fingerprint density at radius 3 is 2.84 bits per heavy atom. The van der Waals surface area contributed by atoms with E-state index in [0.29, 0.717) is 28.6 Å². The van der Waals surface area contributed by atoms with Crippen LogP contribution in [-0.2, 0) is 4.74 Å². The van der Waals surface area contributed by atoms with Gasteiger partial charge in [-0.05, 0) is 37.3 Å². The van der Waals surface area contributed by atoms with Gasteiger partial charge in [-0.2, -0.15) is 0 Å². The highest BCUT2D eigenvalue weighted by atomic mass is 32.1. The van der Waals surface area contributed by atoms with E-state index in [4.69, 9.17) is 4.74 Å². The fraction of sp³-hybridized carbons (Fsp3) is 0.235. The number of allylic oxidation sites excluding steroid dienone is 1. The van der Waals surface area contributed by atoms with Crippen molar-refractivity contribution in [3.05, 3.63) is 55.6 Å². The standard InChI is InChI=1S/C17H18N2O5S/c1-10-9-13(21)15(17(23)19-10)12(20)5-3-11-4-6-14(25-11)16(22)18-7-8-24-2/h3-6,9H,7-8H2,1-2H3,(H,18,22)(H2,19,21,23)/b5-3+. The molecule has 0 spiro atoms. The maximum atomic E-state index is 12.1. The Balaban J connectivity index is 2.09. The van der Waals surface area contributed by atoms with Crippen LogP contribution in [0.25, 0.3) is 6.08 Å².